The molecular formula is C12H12NS2+. The van der Waals surface area contributed by atoms with Gasteiger partial charge in [-0.3, -0.25) is 0 Å². The minimum atomic E-state index is 0.965. The third-order valence-corrected chi connectivity index (χ3v) is 3.61. The highest BCUT2D eigenvalue weighted by Crippen LogP contribution is 2.38. The Bertz CT molecular complexity index is 432. The van der Waals surface area contributed by atoms with Gasteiger partial charge in [-0.2, -0.15) is 0 Å². The number of thiocarbonyl (C=S) groups is 1. The lowest BCUT2D eigenvalue weighted by Crippen LogP contribution is -2.73. The second kappa shape index (κ2) is 4.75. The van der Waals surface area contributed by atoms with Gasteiger partial charge in [0.2, 0.25) is 0 Å². The summed E-state index contributed by atoms with van der Waals surface area (Å²) in [6, 6.07) is 10.3. The number of hydrogen-bond donors (Lipinski definition) is 1. The SMILES string of the molecule is C[NH2+]/C=C1/C=C(c2ccccc2)SC1=S. The van der Waals surface area contributed by atoms with Gasteiger partial charge >= 0.3 is 0 Å². The van der Waals surface area contributed by atoms with Crippen molar-refractivity contribution in [3.05, 3.63) is 53.7 Å². The van der Waals surface area contributed by atoms with Crippen LogP contribution in [0, 0.1) is 0 Å². The summed E-state index contributed by atoms with van der Waals surface area (Å²) in [6.07, 6.45) is 4.22. The maximum Gasteiger partial charge on any atom is 0.102 e. The van der Waals surface area contributed by atoms with Crippen LogP contribution >= 0.6 is 24.0 Å². The van der Waals surface area contributed by atoms with Crippen LogP contribution in [0.2, 0.25) is 0 Å². The van der Waals surface area contributed by atoms with Crippen LogP contribution in [0.5, 0.6) is 0 Å². The molecule has 1 heterocycles. The van der Waals surface area contributed by atoms with E-state index in [1.165, 1.54) is 10.5 Å². The maximum absolute atomic E-state index is 5.31. The van der Waals surface area contributed by atoms with Crippen LogP contribution in [0.25, 0.3) is 4.91 Å². The van der Waals surface area contributed by atoms with Gasteiger partial charge in [-0.1, -0.05) is 54.3 Å². The number of allylic oxidation sites excluding steroid dienone is 1. The fourth-order valence-electron chi connectivity index (χ4n) is 1.43. The fraction of sp³-hybridized carbons (Fsp3) is 0.0833. The topological polar surface area (TPSA) is 16.6 Å². The van der Waals surface area contributed by atoms with Crippen LogP contribution < -0.4 is 5.32 Å². The Morgan fingerprint density at radius 1 is 1.27 bits per heavy atom. The fourth-order valence-corrected chi connectivity index (χ4v) is 2.71. The van der Waals surface area contributed by atoms with Gasteiger partial charge < -0.3 is 5.32 Å². The van der Waals surface area contributed by atoms with Crippen LogP contribution in [0.15, 0.2) is 48.2 Å². The molecule has 0 unspecified atom stereocenters. The average molecular weight is 234 g/mol. The van der Waals surface area contributed by atoms with Crippen LogP contribution in [-0.4, -0.2) is 11.2 Å². The Morgan fingerprint density at radius 2 is 2.00 bits per heavy atom. The van der Waals surface area contributed by atoms with Gasteiger partial charge in [-0.05, 0) is 11.6 Å². The summed E-state index contributed by atoms with van der Waals surface area (Å²) in [4.78, 5) is 1.24. The Kier molecular flexibility index (Phi) is 3.36. The first-order chi connectivity index (χ1) is 7.31. The smallest absolute Gasteiger partial charge is 0.102 e. The molecule has 0 amide bonds. The van der Waals surface area contributed by atoms with Crippen LogP contribution in [0.1, 0.15) is 5.56 Å². The third kappa shape index (κ3) is 2.37. The van der Waals surface area contributed by atoms with E-state index >= 15 is 0 Å². The normalized spacial score (nSPS) is 18.3. The van der Waals surface area contributed by atoms with Gasteiger partial charge in [0, 0.05) is 4.91 Å². The van der Waals surface area contributed by atoms with Crippen molar-refractivity contribution in [2.24, 2.45) is 0 Å². The van der Waals surface area contributed by atoms with E-state index in [1.54, 1.807) is 11.8 Å². The van der Waals surface area contributed by atoms with Crippen molar-refractivity contribution in [2.75, 3.05) is 7.05 Å². The van der Waals surface area contributed by atoms with Crippen molar-refractivity contribution in [2.45, 2.75) is 0 Å². The van der Waals surface area contributed by atoms with E-state index in [-0.39, 0.29) is 0 Å². The second-order valence-corrected chi connectivity index (χ2v) is 4.94. The lowest BCUT2D eigenvalue weighted by Gasteiger charge is -1.98. The highest BCUT2D eigenvalue weighted by atomic mass is 32.2. The molecule has 1 aromatic carbocycles. The summed E-state index contributed by atoms with van der Waals surface area (Å²) in [5.41, 5.74) is 2.39. The Labute approximate surface area is 99.3 Å². The molecule has 1 nitrogen and oxygen atoms in total. The number of hydrogen-bond acceptors (Lipinski definition) is 2. The minimum Gasteiger partial charge on any atom is -0.322 e. The van der Waals surface area contributed by atoms with Crippen molar-refractivity contribution >= 4 is 33.1 Å². The molecule has 0 aliphatic carbocycles. The van der Waals surface area contributed by atoms with Gasteiger partial charge in [0.1, 0.15) is 6.20 Å². The second-order valence-electron chi connectivity index (χ2n) is 3.22. The zero-order chi connectivity index (χ0) is 10.7. The molecule has 0 radical (unpaired) electrons. The highest BCUT2D eigenvalue weighted by molar-refractivity contribution is 8.30. The quantitative estimate of drug-likeness (QED) is 0.624. The average Bonchev–Trinajstić information content (AvgIpc) is 2.63. The lowest BCUT2D eigenvalue weighted by molar-refractivity contribution is -0.556. The molecule has 76 valence electrons. The Balaban J connectivity index is 2.31. The molecule has 1 aromatic rings. The van der Waals surface area contributed by atoms with Crippen molar-refractivity contribution in [3.63, 3.8) is 0 Å². The molecule has 1 aliphatic rings. The maximum atomic E-state index is 5.31. The van der Waals surface area contributed by atoms with E-state index < -0.39 is 0 Å². The number of rotatable bonds is 2. The first-order valence-electron chi connectivity index (χ1n) is 4.80. The molecule has 0 aromatic heterocycles. The van der Waals surface area contributed by atoms with E-state index in [1.807, 2.05) is 30.6 Å². The van der Waals surface area contributed by atoms with Crippen LogP contribution in [-0.2, 0) is 0 Å². The van der Waals surface area contributed by atoms with E-state index in [9.17, 15) is 0 Å². The molecule has 3 heteroatoms. The molecule has 1 aliphatic heterocycles. The van der Waals surface area contributed by atoms with Crippen molar-refractivity contribution in [1.29, 1.82) is 0 Å². The molecular weight excluding hydrogens is 222 g/mol. The van der Waals surface area contributed by atoms with Crippen LogP contribution in [0.4, 0.5) is 0 Å². The molecule has 0 bridgehead atoms. The summed E-state index contributed by atoms with van der Waals surface area (Å²) >= 11 is 6.98. The first kappa shape index (κ1) is 10.6. The van der Waals surface area contributed by atoms with E-state index in [0.717, 1.165) is 9.77 Å². The van der Waals surface area contributed by atoms with Gasteiger partial charge in [0.25, 0.3) is 0 Å². The molecule has 0 atom stereocenters. The summed E-state index contributed by atoms with van der Waals surface area (Å²) in [5, 5.41) is 2.02. The Hall–Kier alpha value is -0.900. The number of quaternary nitrogens is 1. The number of nitrogens with two attached hydrogens (primary N) is 1. The summed E-state index contributed by atoms with van der Waals surface area (Å²) in [7, 11) is 2.01. The van der Waals surface area contributed by atoms with Gasteiger partial charge in [0.15, 0.2) is 0 Å². The first-order valence-corrected chi connectivity index (χ1v) is 6.02. The molecule has 15 heavy (non-hydrogen) atoms. The number of benzene rings is 1. The van der Waals surface area contributed by atoms with Crippen LogP contribution in [0.3, 0.4) is 0 Å². The molecule has 0 fully saturated rings. The minimum absolute atomic E-state index is 0.965. The Morgan fingerprint density at radius 3 is 2.67 bits per heavy atom. The van der Waals surface area contributed by atoms with Gasteiger partial charge in [0.05, 0.1) is 16.8 Å². The molecule has 0 spiro atoms. The molecule has 2 rings (SSSR count). The highest BCUT2D eigenvalue weighted by Gasteiger charge is 2.17. The predicted molar refractivity (Wildman–Crippen MR) is 70.5 cm³/mol. The van der Waals surface area contributed by atoms with Gasteiger partial charge in [-0.25, -0.2) is 0 Å². The molecule has 2 N–H and O–H groups in total. The van der Waals surface area contributed by atoms with E-state index in [2.05, 4.69) is 24.4 Å². The summed E-state index contributed by atoms with van der Waals surface area (Å²) in [5.74, 6) is 0. The summed E-state index contributed by atoms with van der Waals surface area (Å²) in [6.45, 7) is 0. The monoisotopic (exact) mass is 234 g/mol. The van der Waals surface area contributed by atoms with E-state index in [0.29, 0.717) is 0 Å². The standard InChI is InChI=1S/C12H11NS2/c1-13-8-10-7-11(15-12(10)14)9-5-3-2-4-6-9/h2-8,13H,1H3/p+1/b10-8-. The van der Waals surface area contributed by atoms with Gasteiger partial charge in [-0.15, -0.1) is 0 Å². The molecule has 0 saturated heterocycles. The number of thioether (sulfide) groups is 1. The predicted octanol–water partition coefficient (Wildman–Crippen LogP) is 2.18. The largest absolute Gasteiger partial charge is 0.322 e. The zero-order valence-corrected chi connectivity index (χ0v) is 10.1. The van der Waals surface area contributed by atoms with Crippen molar-refractivity contribution in [3.8, 4) is 0 Å². The zero-order valence-electron chi connectivity index (χ0n) is 8.44. The lowest BCUT2D eigenvalue weighted by atomic mass is 10.2. The third-order valence-electron chi connectivity index (χ3n) is 2.13. The van der Waals surface area contributed by atoms with Crippen molar-refractivity contribution < 1.29 is 5.32 Å². The summed E-state index contributed by atoms with van der Waals surface area (Å²) < 4.78 is 0.965. The van der Waals surface area contributed by atoms with E-state index in [4.69, 9.17) is 12.2 Å². The molecule has 0 saturated carbocycles. The van der Waals surface area contributed by atoms with Crippen molar-refractivity contribution in [1.82, 2.24) is 0 Å².